The first-order valence-corrected chi connectivity index (χ1v) is 9.97. The van der Waals surface area contributed by atoms with E-state index < -0.39 is 0 Å². The second kappa shape index (κ2) is 12.7. The second-order valence-corrected chi connectivity index (χ2v) is 6.36. The third-order valence-corrected chi connectivity index (χ3v) is 4.51. The van der Waals surface area contributed by atoms with E-state index in [2.05, 4.69) is 29.0 Å². The number of amides is 1. The number of carbonyl (C=O) groups excluding carboxylic acids is 1. The van der Waals surface area contributed by atoms with Gasteiger partial charge in [0.05, 0.1) is 6.61 Å². The summed E-state index contributed by atoms with van der Waals surface area (Å²) in [6.45, 7) is 8.85. The third kappa shape index (κ3) is 7.36. The standard InChI is InChI=1S/C22H31N3O4/c1-4-25(5-2)13-14-28-20-11-7-6-9-18(20)17-24-21(26)19-10-8-12-23-22(19)29-16-15-27-3/h6-12H,4-5,13-17H2,1-3H3,(H,24,26). The molecule has 2 rings (SSSR count). The van der Waals surface area contributed by atoms with Crippen molar-refractivity contribution in [2.45, 2.75) is 20.4 Å². The summed E-state index contributed by atoms with van der Waals surface area (Å²) in [5, 5.41) is 2.93. The van der Waals surface area contributed by atoms with Gasteiger partial charge in [-0.1, -0.05) is 32.0 Å². The molecule has 0 unspecified atom stereocenters. The SMILES string of the molecule is CCN(CC)CCOc1ccccc1CNC(=O)c1cccnc1OCCOC. The molecule has 1 aromatic carbocycles. The average Bonchev–Trinajstić information content (AvgIpc) is 2.76. The fraction of sp³-hybridized carbons (Fsp3) is 0.455. The number of methoxy groups -OCH3 is 1. The minimum atomic E-state index is -0.247. The van der Waals surface area contributed by atoms with Gasteiger partial charge in [-0.25, -0.2) is 4.98 Å². The molecule has 2 aromatic rings. The Balaban J connectivity index is 1.95. The molecular weight excluding hydrogens is 370 g/mol. The number of hydrogen-bond donors (Lipinski definition) is 1. The molecule has 0 aliphatic heterocycles. The van der Waals surface area contributed by atoms with E-state index in [0.29, 0.717) is 37.8 Å². The topological polar surface area (TPSA) is 72.9 Å². The number of nitrogens with zero attached hydrogens (tertiary/aromatic N) is 2. The molecule has 1 N–H and O–H groups in total. The first kappa shape index (κ1) is 22.6. The Labute approximate surface area is 173 Å². The summed E-state index contributed by atoms with van der Waals surface area (Å²) in [6.07, 6.45) is 1.60. The normalized spacial score (nSPS) is 10.8. The van der Waals surface area contributed by atoms with Crippen LogP contribution in [0.1, 0.15) is 29.8 Å². The molecule has 0 atom stereocenters. The lowest BCUT2D eigenvalue weighted by molar-refractivity contribution is 0.0941. The molecular formula is C22H31N3O4. The largest absolute Gasteiger partial charge is 0.492 e. The molecule has 1 aromatic heterocycles. The highest BCUT2D eigenvalue weighted by Gasteiger charge is 2.14. The molecule has 7 nitrogen and oxygen atoms in total. The Kier molecular flexibility index (Phi) is 9.95. The zero-order chi connectivity index (χ0) is 20.9. The maximum atomic E-state index is 12.7. The van der Waals surface area contributed by atoms with Gasteiger partial charge in [0.2, 0.25) is 5.88 Å². The number of benzene rings is 1. The molecule has 29 heavy (non-hydrogen) atoms. The molecule has 158 valence electrons. The van der Waals surface area contributed by atoms with Crippen molar-refractivity contribution in [2.75, 3.05) is 46.6 Å². The predicted octanol–water partition coefficient (Wildman–Crippen LogP) is 2.76. The number of ether oxygens (including phenoxy) is 3. The van der Waals surface area contributed by atoms with Crippen LogP contribution in [0.4, 0.5) is 0 Å². The van der Waals surface area contributed by atoms with Crippen molar-refractivity contribution in [3.05, 3.63) is 53.7 Å². The summed E-state index contributed by atoms with van der Waals surface area (Å²) in [5.74, 6) is 0.831. The van der Waals surface area contributed by atoms with Crippen LogP contribution >= 0.6 is 0 Å². The van der Waals surface area contributed by atoms with Crippen LogP contribution in [-0.2, 0) is 11.3 Å². The molecule has 7 heteroatoms. The van der Waals surface area contributed by atoms with E-state index in [4.69, 9.17) is 14.2 Å². The van der Waals surface area contributed by atoms with Crippen molar-refractivity contribution in [2.24, 2.45) is 0 Å². The van der Waals surface area contributed by atoms with Crippen LogP contribution < -0.4 is 14.8 Å². The minimum Gasteiger partial charge on any atom is -0.492 e. The molecule has 0 bridgehead atoms. The van der Waals surface area contributed by atoms with E-state index in [0.717, 1.165) is 30.9 Å². The fourth-order valence-corrected chi connectivity index (χ4v) is 2.79. The van der Waals surface area contributed by atoms with Gasteiger partial charge in [-0.15, -0.1) is 0 Å². The number of carbonyl (C=O) groups is 1. The van der Waals surface area contributed by atoms with Crippen molar-refractivity contribution in [3.63, 3.8) is 0 Å². The van der Waals surface area contributed by atoms with Gasteiger partial charge >= 0.3 is 0 Å². The number of para-hydroxylation sites is 1. The van der Waals surface area contributed by atoms with Crippen molar-refractivity contribution >= 4 is 5.91 Å². The molecule has 1 heterocycles. The Morgan fingerprint density at radius 2 is 1.83 bits per heavy atom. The van der Waals surface area contributed by atoms with Gasteiger partial charge in [0.15, 0.2) is 0 Å². The van der Waals surface area contributed by atoms with E-state index in [1.807, 2.05) is 24.3 Å². The summed E-state index contributed by atoms with van der Waals surface area (Å²) in [6, 6.07) is 11.1. The summed E-state index contributed by atoms with van der Waals surface area (Å²) >= 11 is 0. The molecule has 1 amide bonds. The Hall–Kier alpha value is -2.64. The number of rotatable bonds is 13. The van der Waals surface area contributed by atoms with Gasteiger partial charge in [-0.05, 0) is 31.3 Å². The number of hydrogen-bond acceptors (Lipinski definition) is 6. The smallest absolute Gasteiger partial charge is 0.257 e. The number of nitrogens with one attached hydrogen (secondary N) is 1. The van der Waals surface area contributed by atoms with Crippen molar-refractivity contribution in [1.29, 1.82) is 0 Å². The highest BCUT2D eigenvalue weighted by atomic mass is 16.5. The summed E-state index contributed by atoms with van der Waals surface area (Å²) < 4.78 is 16.5. The molecule has 0 aliphatic rings. The fourth-order valence-electron chi connectivity index (χ4n) is 2.79. The molecule has 0 spiro atoms. The van der Waals surface area contributed by atoms with E-state index >= 15 is 0 Å². The van der Waals surface area contributed by atoms with E-state index in [-0.39, 0.29) is 5.91 Å². The lowest BCUT2D eigenvalue weighted by Gasteiger charge is -2.19. The molecule has 0 saturated heterocycles. The maximum absolute atomic E-state index is 12.7. The highest BCUT2D eigenvalue weighted by Crippen LogP contribution is 2.19. The molecule has 0 fully saturated rings. The minimum absolute atomic E-state index is 0.247. The van der Waals surface area contributed by atoms with Crippen LogP contribution in [0.15, 0.2) is 42.6 Å². The Morgan fingerprint density at radius 1 is 1.03 bits per heavy atom. The lowest BCUT2D eigenvalue weighted by Crippen LogP contribution is -2.28. The van der Waals surface area contributed by atoms with Gasteiger partial charge < -0.3 is 24.4 Å². The lowest BCUT2D eigenvalue weighted by atomic mass is 10.2. The third-order valence-electron chi connectivity index (χ3n) is 4.51. The Morgan fingerprint density at radius 3 is 2.59 bits per heavy atom. The first-order valence-electron chi connectivity index (χ1n) is 9.97. The maximum Gasteiger partial charge on any atom is 0.257 e. The monoisotopic (exact) mass is 401 g/mol. The van der Waals surface area contributed by atoms with Crippen LogP contribution in [-0.4, -0.2) is 62.4 Å². The average molecular weight is 402 g/mol. The molecule has 0 aliphatic carbocycles. The van der Waals surface area contributed by atoms with Gasteiger partial charge in [0.1, 0.15) is 24.5 Å². The van der Waals surface area contributed by atoms with E-state index in [1.54, 1.807) is 25.4 Å². The van der Waals surface area contributed by atoms with Crippen molar-refractivity contribution in [1.82, 2.24) is 15.2 Å². The quantitative estimate of drug-likeness (QED) is 0.521. The first-order chi connectivity index (χ1) is 14.2. The Bertz CT molecular complexity index is 750. The van der Waals surface area contributed by atoms with Crippen LogP contribution in [0.25, 0.3) is 0 Å². The number of likely N-dealkylation sites (N-methyl/N-ethyl adjacent to an activating group) is 1. The van der Waals surface area contributed by atoms with Gasteiger partial charge in [0.25, 0.3) is 5.91 Å². The molecule has 0 saturated carbocycles. The highest BCUT2D eigenvalue weighted by molar-refractivity contribution is 5.96. The van der Waals surface area contributed by atoms with E-state index in [9.17, 15) is 4.79 Å². The summed E-state index contributed by atoms with van der Waals surface area (Å²) in [4.78, 5) is 19.1. The number of aromatic nitrogens is 1. The van der Waals surface area contributed by atoms with Crippen LogP contribution in [0.5, 0.6) is 11.6 Å². The van der Waals surface area contributed by atoms with Crippen LogP contribution in [0, 0.1) is 0 Å². The number of pyridine rings is 1. The van der Waals surface area contributed by atoms with Gasteiger partial charge in [-0.2, -0.15) is 0 Å². The second-order valence-electron chi connectivity index (χ2n) is 6.36. The van der Waals surface area contributed by atoms with E-state index in [1.165, 1.54) is 0 Å². The summed E-state index contributed by atoms with van der Waals surface area (Å²) in [5.41, 5.74) is 1.31. The summed E-state index contributed by atoms with van der Waals surface area (Å²) in [7, 11) is 1.59. The van der Waals surface area contributed by atoms with Gasteiger partial charge in [-0.3, -0.25) is 4.79 Å². The predicted molar refractivity (Wildman–Crippen MR) is 113 cm³/mol. The molecule has 0 radical (unpaired) electrons. The van der Waals surface area contributed by atoms with Crippen molar-refractivity contribution < 1.29 is 19.0 Å². The zero-order valence-electron chi connectivity index (χ0n) is 17.5. The zero-order valence-corrected chi connectivity index (χ0v) is 17.5. The van der Waals surface area contributed by atoms with Crippen molar-refractivity contribution in [3.8, 4) is 11.6 Å². The van der Waals surface area contributed by atoms with Gasteiger partial charge in [0, 0.05) is 32.0 Å². The van der Waals surface area contributed by atoms with Crippen LogP contribution in [0.3, 0.4) is 0 Å². The van der Waals surface area contributed by atoms with Crippen LogP contribution in [0.2, 0.25) is 0 Å².